The fourth-order valence-electron chi connectivity index (χ4n) is 5.15. The third-order valence-electron chi connectivity index (χ3n) is 6.56. The number of carbonyl (C=O) groups is 1. The summed E-state index contributed by atoms with van der Waals surface area (Å²) in [5.74, 6) is 1.37. The SMILES string of the molecule is CC1CN2C[C@H](c3ccccc3)N(CCC=O)CC2CC1c1cccc(O)c1. The summed E-state index contributed by atoms with van der Waals surface area (Å²) in [4.78, 5) is 16.2. The predicted molar refractivity (Wildman–Crippen MR) is 111 cm³/mol. The highest BCUT2D eigenvalue weighted by Gasteiger charge is 2.40. The second kappa shape index (κ2) is 8.46. The van der Waals surface area contributed by atoms with Gasteiger partial charge in [-0.1, -0.05) is 49.4 Å². The predicted octanol–water partition coefficient (Wildman–Crippen LogP) is 3.83. The fourth-order valence-corrected chi connectivity index (χ4v) is 5.15. The number of rotatable bonds is 5. The van der Waals surface area contributed by atoms with Crippen molar-refractivity contribution in [3.8, 4) is 5.75 Å². The number of phenolic OH excluding ortho intramolecular Hbond substituents is 1. The van der Waals surface area contributed by atoms with Crippen LogP contribution >= 0.6 is 0 Å². The molecule has 0 amide bonds. The summed E-state index contributed by atoms with van der Waals surface area (Å²) in [6.07, 6.45) is 2.72. The summed E-state index contributed by atoms with van der Waals surface area (Å²) < 4.78 is 0. The molecular weight excluding hydrogens is 348 g/mol. The Bertz CT molecular complexity index is 794. The van der Waals surface area contributed by atoms with E-state index in [4.69, 9.17) is 0 Å². The van der Waals surface area contributed by atoms with E-state index in [1.165, 1.54) is 11.1 Å². The van der Waals surface area contributed by atoms with Crippen LogP contribution in [0.1, 0.15) is 42.9 Å². The van der Waals surface area contributed by atoms with Gasteiger partial charge >= 0.3 is 0 Å². The monoisotopic (exact) mass is 378 g/mol. The molecule has 2 saturated heterocycles. The van der Waals surface area contributed by atoms with E-state index in [9.17, 15) is 9.90 Å². The molecular formula is C24H30N2O2. The molecule has 0 saturated carbocycles. The zero-order chi connectivity index (χ0) is 19.5. The molecule has 2 aliphatic rings. The summed E-state index contributed by atoms with van der Waals surface area (Å²) in [5.41, 5.74) is 2.59. The summed E-state index contributed by atoms with van der Waals surface area (Å²) in [5, 5.41) is 9.91. The summed E-state index contributed by atoms with van der Waals surface area (Å²) in [6, 6.07) is 19.3. The van der Waals surface area contributed by atoms with Gasteiger partial charge in [-0.3, -0.25) is 9.80 Å². The van der Waals surface area contributed by atoms with E-state index in [1.807, 2.05) is 12.1 Å². The van der Waals surface area contributed by atoms with Gasteiger partial charge in [0.25, 0.3) is 0 Å². The molecule has 2 aliphatic heterocycles. The number of benzene rings is 2. The minimum Gasteiger partial charge on any atom is -0.508 e. The van der Waals surface area contributed by atoms with Crippen molar-refractivity contribution in [3.05, 3.63) is 65.7 Å². The van der Waals surface area contributed by atoms with Crippen LogP contribution in [0, 0.1) is 5.92 Å². The molecule has 4 rings (SSSR count). The number of fused-ring (bicyclic) bond motifs is 1. The fraction of sp³-hybridized carbons (Fsp3) is 0.458. The van der Waals surface area contributed by atoms with Gasteiger partial charge in [0.1, 0.15) is 12.0 Å². The summed E-state index contributed by atoms with van der Waals surface area (Å²) in [6.45, 7) is 6.25. The topological polar surface area (TPSA) is 43.8 Å². The number of hydrogen-bond acceptors (Lipinski definition) is 4. The lowest BCUT2D eigenvalue weighted by Crippen LogP contribution is -2.58. The molecule has 3 unspecified atom stereocenters. The van der Waals surface area contributed by atoms with Gasteiger partial charge in [0, 0.05) is 44.7 Å². The van der Waals surface area contributed by atoms with Crippen LogP contribution in [-0.2, 0) is 4.79 Å². The van der Waals surface area contributed by atoms with Crippen LogP contribution in [0.3, 0.4) is 0 Å². The summed E-state index contributed by atoms with van der Waals surface area (Å²) in [7, 11) is 0. The first-order valence-electron chi connectivity index (χ1n) is 10.4. The van der Waals surface area contributed by atoms with Crippen LogP contribution in [0.4, 0.5) is 0 Å². The standard InChI is InChI=1S/C24H30N2O2/c1-18-15-26-17-24(19-7-3-2-4-8-19)25(11-6-12-27)16-21(26)14-23(18)20-9-5-10-22(28)13-20/h2-5,7-10,12-13,18,21,23-24,28H,6,11,14-17H2,1H3/t18?,21?,23?,24-/m1/s1. The molecule has 4 atom stereocenters. The van der Waals surface area contributed by atoms with E-state index in [2.05, 4.69) is 53.1 Å². The molecule has 0 spiro atoms. The van der Waals surface area contributed by atoms with Gasteiger partial charge in [-0.25, -0.2) is 0 Å². The van der Waals surface area contributed by atoms with Crippen molar-refractivity contribution < 1.29 is 9.90 Å². The molecule has 0 bridgehead atoms. The number of aldehydes is 1. The number of aromatic hydroxyl groups is 1. The quantitative estimate of drug-likeness (QED) is 0.803. The van der Waals surface area contributed by atoms with Gasteiger partial charge in [0.2, 0.25) is 0 Å². The summed E-state index contributed by atoms with van der Waals surface area (Å²) >= 11 is 0. The van der Waals surface area contributed by atoms with Crippen molar-refractivity contribution in [2.45, 2.75) is 37.8 Å². The minimum absolute atomic E-state index is 0.349. The number of piperidine rings is 1. The van der Waals surface area contributed by atoms with Crippen LogP contribution in [0.25, 0.3) is 0 Å². The van der Waals surface area contributed by atoms with Gasteiger partial charge in [-0.05, 0) is 41.5 Å². The first-order valence-corrected chi connectivity index (χ1v) is 10.4. The molecule has 148 valence electrons. The Balaban J connectivity index is 1.55. The van der Waals surface area contributed by atoms with Gasteiger partial charge in [-0.15, -0.1) is 0 Å². The van der Waals surface area contributed by atoms with Crippen molar-refractivity contribution in [1.29, 1.82) is 0 Å². The number of carbonyl (C=O) groups excluding carboxylic acids is 1. The van der Waals surface area contributed by atoms with E-state index in [0.29, 0.717) is 36.1 Å². The number of phenols is 1. The lowest BCUT2D eigenvalue weighted by Gasteiger charge is -2.52. The first-order chi connectivity index (χ1) is 13.7. The Morgan fingerprint density at radius 1 is 1.04 bits per heavy atom. The molecule has 0 aliphatic carbocycles. The highest BCUT2D eigenvalue weighted by Crippen LogP contribution is 2.40. The maximum absolute atomic E-state index is 11.0. The average molecular weight is 379 g/mol. The maximum Gasteiger partial charge on any atom is 0.121 e. The van der Waals surface area contributed by atoms with Crippen LogP contribution in [0.5, 0.6) is 5.75 Å². The molecule has 4 heteroatoms. The Hall–Kier alpha value is -2.17. The lowest BCUT2D eigenvalue weighted by molar-refractivity contribution is -0.108. The van der Waals surface area contributed by atoms with Crippen LogP contribution in [-0.4, -0.2) is 53.4 Å². The van der Waals surface area contributed by atoms with E-state index < -0.39 is 0 Å². The molecule has 0 radical (unpaired) electrons. The zero-order valence-electron chi connectivity index (χ0n) is 16.6. The van der Waals surface area contributed by atoms with Crippen molar-refractivity contribution in [1.82, 2.24) is 9.80 Å². The lowest BCUT2D eigenvalue weighted by atomic mass is 9.77. The van der Waals surface area contributed by atoms with Gasteiger partial charge in [0.05, 0.1) is 0 Å². The highest BCUT2D eigenvalue weighted by molar-refractivity contribution is 5.49. The molecule has 4 nitrogen and oxygen atoms in total. The van der Waals surface area contributed by atoms with Crippen molar-refractivity contribution in [2.75, 3.05) is 26.2 Å². The third-order valence-corrected chi connectivity index (χ3v) is 6.56. The van der Waals surface area contributed by atoms with Gasteiger partial charge in [-0.2, -0.15) is 0 Å². The minimum atomic E-state index is 0.349. The Labute approximate surface area is 167 Å². The molecule has 2 heterocycles. The highest BCUT2D eigenvalue weighted by atomic mass is 16.3. The molecule has 2 aromatic carbocycles. The molecule has 1 N–H and O–H groups in total. The van der Waals surface area contributed by atoms with Gasteiger partial charge in [0.15, 0.2) is 0 Å². The molecule has 2 aromatic rings. The Kier molecular flexibility index (Phi) is 5.79. The largest absolute Gasteiger partial charge is 0.508 e. The smallest absolute Gasteiger partial charge is 0.121 e. The van der Waals surface area contributed by atoms with Crippen molar-refractivity contribution in [2.24, 2.45) is 5.92 Å². The molecule has 28 heavy (non-hydrogen) atoms. The van der Waals surface area contributed by atoms with Crippen molar-refractivity contribution >= 4 is 6.29 Å². The van der Waals surface area contributed by atoms with E-state index in [-0.39, 0.29) is 0 Å². The number of hydrogen-bond donors (Lipinski definition) is 1. The third kappa shape index (κ3) is 3.98. The first kappa shape index (κ1) is 19.2. The van der Waals surface area contributed by atoms with Gasteiger partial charge < -0.3 is 9.90 Å². The second-order valence-electron chi connectivity index (χ2n) is 8.40. The van der Waals surface area contributed by atoms with E-state index in [0.717, 1.165) is 38.9 Å². The van der Waals surface area contributed by atoms with Crippen LogP contribution < -0.4 is 0 Å². The zero-order valence-corrected chi connectivity index (χ0v) is 16.6. The van der Waals surface area contributed by atoms with E-state index >= 15 is 0 Å². The molecule has 2 fully saturated rings. The van der Waals surface area contributed by atoms with Crippen molar-refractivity contribution in [3.63, 3.8) is 0 Å². The molecule has 0 aromatic heterocycles. The maximum atomic E-state index is 11.0. The van der Waals surface area contributed by atoms with Crippen LogP contribution in [0.15, 0.2) is 54.6 Å². The second-order valence-corrected chi connectivity index (χ2v) is 8.40. The Morgan fingerprint density at radius 2 is 1.82 bits per heavy atom. The van der Waals surface area contributed by atoms with Crippen LogP contribution in [0.2, 0.25) is 0 Å². The number of nitrogens with zero attached hydrogens (tertiary/aromatic N) is 2. The number of piperazine rings is 1. The van der Waals surface area contributed by atoms with E-state index in [1.54, 1.807) is 6.07 Å². The Morgan fingerprint density at radius 3 is 2.57 bits per heavy atom. The average Bonchev–Trinajstić information content (AvgIpc) is 2.72. The normalized spacial score (nSPS) is 28.6.